The first-order valence-electron chi connectivity index (χ1n) is 6.71. The number of hydrogen-bond acceptors (Lipinski definition) is 2. The van der Waals surface area contributed by atoms with Crippen LogP contribution in [-0.2, 0) is 0 Å². The van der Waals surface area contributed by atoms with Gasteiger partial charge in [-0.3, -0.25) is 9.97 Å². The number of pyridine rings is 2. The normalized spacial score (nSPS) is 11.8. The Bertz CT molecular complexity index is 625. The molecule has 0 saturated heterocycles. The zero-order chi connectivity index (χ0) is 14.6. The lowest BCUT2D eigenvalue weighted by molar-refractivity contribution is 1.29. The molecule has 0 amide bonds. The third kappa shape index (κ3) is 3.51. The Labute approximate surface area is 121 Å². The molecule has 2 rings (SSSR count). The smallest absolute Gasteiger partial charge is 0.0777 e. The van der Waals surface area contributed by atoms with Crippen molar-refractivity contribution >= 4 is 25.4 Å². The summed E-state index contributed by atoms with van der Waals surface area (Å²) < 4.78 is 0. The SMILES string of the molecule is C=C(c1cnccc1/C=C/c1ccccn1)[Si](C)(C)C. The highest BCUT2D eigenvalue weighted by molar-refractivity contribution is 6.93. The second kappa shape index (κ2) is 5.97. The number of hydrogen-bond donors (Lipinski definition) is 0. The fourth-order valence-electron chi connectivity index (χ4n) is 1.86. The third-order valence-corrected chi connectivity index (χ3v) is 5.29. The van der Waals surface area contributed by atoms with E-state index in [1.165, 1.54) is 5.20 Å². The molecule has 2 nitrogen and oxygen atoms in total. The molecule has 0 aromatic carbocycles. The van der Waals surface area contributed by atoms with Gasteiger partial charge in [0.2, 0.25) is 0 Å². The van der Waals surface area contributed by atoms with Gasteiger partial charge in [-0.15, -0.1) is 0 Å². The lowest BCUT2D eigenvalue weighted by atomic mass is 10.1. The highest BCUT2D eigenvalue weighted by Crippen LogP contribution is 2.27. The predicted molar refractivity (Wildman–Crippen MR) is 89.8 cm³/mol. The molecule has 0 fully saturated rings. The van der Waals surface area contributed by atoms with Crippen LogP contribution in [0.1, 0.15) is 16.8 Å². The largest absolute Gasteiger partial charge is 0.264 e. The molecular weight excluding hydrogens is 260 g/mol. The van der Waals surface area contributed by atoms with Crippen molar-refractivity contribution in [2.75, 3.05) is 0 Å². The summed E-state index contributed by atoms with van der Waals surface area (Å²) in [6, 6.07) is 7.92. The van der Waals surface area contributed by atoms with Gasteiger partial charge >= 0.3 is 0 Å². The minimum atomic E-state index is -1.43. The second-order valence-corrected chi connectivity index (χ2v) is 10.9. The van der Waals surface area contributed by atoms with Crippen LogP contribution in [0.4, 0.5) is 0 Å². The van der Waals surface area contributed by atoms with Crippen molar-refractivity contribution < 1.29 is 0 Å². The zero-order valence-corrected chi connectivity index (χ0v) is 13.3. The highest BCUT2D eigenvalue weighted by Gasteiger charge is 2.20. The molecule has 0 spiro atoms. The van der Waals surface area contributed by atoms with Crippen LogP contribution in [0.15, 0.2) is 49.4 Å². The first-order valence-corrected chi connectivity index (χ1v) is 10.2. The Hall–Kier alpha value is -2.00. The van der Waals surface area contributed by atoms with E-state index in [2.05, 4.69) is 42.3 Å². The summed E-state index contributed by atoms with van der Waals surface area (Å²) in [7, 11) is -1.43. The maximum Gasteiger partial charge on any atom is 0.0777 e. The molecule has 0 aliphatic heterocycles. The molecule has 2 heterocycles. The van der Waals surface area contributed by atoms with Gasteiger partial charge in [-0.2, -0.15) is 0 Å². The van der Waals surface area contributed by atoms with Crippen molar-refractivity contribution in [1.82, 2.24) is 9.97 Å². The van der Waals surface area contributed by atoms with Crippen molar-refractivity contribution in [3.63, 3.8) is 0 Å². The van der Waals surface area contributed by atoms with Crippen LogP contribution in [0.5, 0.6) is 0 Å². The zero-order valence-electron chi connectivity index (χ0n) is 12.3. The van der Waals surface area contributed by atoms with Crippen LogP contribution in [0, 0.1) is 0 Å². The minimum Gasteiger partial charge on any atom is -0.264 e. The average molecular weight is 280 g/mol. The van der Waals surface area contributed by atoms with Crippen molar-refractivity contribution in [2.24, 2.45) is 0 Å². The molecule has 102 valence electrons. The van der Waals surface area contributed by atoms with Crippen LogP contribution < -0.4 is 0 Å². The van der Waals surface area contributed by atoms with E-state index < -0.39 is 8.07 Å². The summed E-state index contributed by atoms with van der Waals surface area (Å²) in [5.41, 5.74) is 3.26. The van der Waals surface area contributed by atoms with E-state index in [4.69, 9.17) is 0 Å². The van der Waals surface area contributed by atoms with Crippen molar-refractivity contribution in [1.29, 1.82) is 0 Å². The quantitative estimate of drug-likeness (QED) is 0.769. The minimum absolute atomic E-state index is 0.953. The summed E-state index contributed by atoms with van der Waals surface area (Å²) >= 11 is 0. The van der Waals surface area contributed by atoms with Crippen molar-refractivity contribution in [3.8, 4) is 0 Å². The standard InChI is InChI=1S/C17H20N2Si/c1-14(20(2,3)4)17-13-18-12-10-15(17)8-9-16-7-5-6-11-19-16/h5-13H,1H2,2-4H3/b9-8+. The average Bonchev–Trinajstić information content (AvgIpc) is 2.45. The third-order valence-electron chi connectivity index (χ3n) is 3.21. The van der Waals surface area contributed by atoms with Crippen LogP contribution in [0.25, 0.3) is 17.3 Å². The Kier molecular flexibility index (Phi) is 4.30. The molecule has 0 bridgehead atoms. The Balaban J connectivity index is 2.34. The summed E-state index contributed by atoms with van der Waals surface area (Å²) in [6.07, 6.45) is 9.65. The number of nitrogens with zero attached hydrogens (tertiary/aromatic N) is 2. The Morgan fingerprint density at radius 2 is 1.90 bits per heavy atom. The van der Waals surface area contributed by atoms with Gasteiger partial charge in [0, 0.05) is 18.6 Å². The molecule has 0 aliphatic rings. The molecule has 3 heteroatoms. The number of aromatic nitrogens is 2. The molecule has 0 unspecified atom stereocenters. The van der Waals surface area contributed by atoms with Gasteiger partial charge < -0.3 is 0 Å². The molecule has 2 aromatic heterocycles. The topological polar surface area (TPSA) is 25.8 Å². The van der Waals surface area contributed by atoms with E-state index in [9.17, 15) is 0 Å². The van der Waals surface area contributed by atoms with Crippen LogP contribution >= 0.6 is 0 Å². The fraction of sp³-hybridized carbons (Fsp3) is 0.176. The molecule has 0 radical (unpaired) electrons. The fourth-order valence-corrected chi connectivity index (χ4v) is 2.87. The first-order chi connectivity index (χ1) is 9.48. The van der Waals surface area contributed by atoms with Crippen LogP contribution in [0.3, 0.4) is 0 Å². The van der Waals surface area contributed by atoms with Crippen LogP contribution in [0.2, 0.25) is 19.6 Å². The molecule has 0 atom stereocenters. The lowest BCUT2D eigenvalue weighted by Crippen LogP contribution is -2.22. The summed E-state index contributed by atoms with van der Waals surface area (Å²) in [6.45, 7) is 11.2. The van der Waals surface area contributed by atoms with Gasteiger partial charge in [0.05, 0.1) is 13.8 Å². The maximum absolute atomic E-state index is 4.30. The molecular formula is C17H20N2Si. The van der Waals surface area contributed by atoms with Crippen molar-refractivity contribution in [3.05, 3.63) is 66.3 Å². The van der Waals surface area contributed by atoms with Gasteiger partial charge in [0.1, 0.15) is 0 Å². The monoisotopic (exact) mass is 280 g/mol. The van der Waals surface area contributed by atoms with E-state index in [1.54, 1.807) is 6.20 Å². The van der Waals surface area contributed by atoms with E-state index in [0.717, 1.165) is 16.8 Å². The van der Waals surface area contributed by atoms with Gasteiger partial charge in [0.15, 0.2) is 0 Å². The molecule has 0 aliphatic carbocycles. The highest BCUT2D eigenvalue weighted by atomic mass is 28.3. The molecule has 20 heavy (non-hydrogen) atoms. The predicted octanol–water partition coefficient (Wildman–Crippen LogP) is 4.54. The second-order valence-electron chi connectivity index (χ2n) is 5.78. The molecule has 0 saturated carbocycles. The van der Waals surface area contributed by atoms with Gasteiger partial charge in [-0.05, 0) is 35.4 Å². The first kappa shape index (κ1) is 14.4. The molecule has 0 N–H and O–H groups in total. The number of rotatable bonds is 4. The Morgan fingerprint density at radius 1 is 1.10 bits per heavy atom. The summed E-state index contributed by atoms with van der Waals surface area (Å²) in [4.78, 5) is 8.55. The van der Waals surface area contributed by atoms with Gasteiger partial charge in [-0.25, -0.2) is 0 Å². The summed E-state index contributed by atoms with van der Waals surface area (Å²) in [5.74, 6) is 0. The van der Waals surface area contributed by atoms with Crippen LogP contribution in [-0.4, -0.2) is 18.0 Å². The van der Waals surface area contributed by atoms with Crippen molar-refractivity contribution in [2.45, 2.75) is 19.6 Å². The van der Waals surface area contributed by atoms with E-state index in [0.29, 0.717) is 0 Å². The lowest BCUT2D eigenvalue weighted by Gasteiger charge is -2.21. The van der Waals surface area contributed by atoms with E-state index >= 15 is 0 Å². The molecule has 2 aromatic rings. The van der Waals surface area contributed by atoms with E-state index in [-0.39, 0.29) is 0 Å². The summed E-state index contributed by atoms with van der Waals surface area (Å²) in [5, 5.41) is 1.23. The van der Waals surface area contributed by atoms with E-state index in [1.807, 2.05) is 42.7 Å². The van der Waals surface area contributed by atoms with Gasteiger partial charge in [0.25, 0.3) is 0 Å². The van der Waals surface area contributed by atoms with Gasteiger partial charge in [-0.1, -0.05) is 43.6 Å². The maximum atomic E-state index is 4.30. The Morgan fingerprint density at radius 3 is 2.55 bits per heavy atom.